The lowest BCUT2D eigenvalue weighted by atomic mass is 10.0. The van der Waals surface area contributed by atoms with Gasteiger partial charge in [0.15, 0.2) is 0 Å². The molecule has 2 N–H and O–H groups in total. The first kappa shape index (κ1) is 19.9. The van der Waals surface area contributed by atoms with Crippen LogP contribution in [0.4, 0.5) is 0 Å². The van der Waals surface area contributed by atoms with E-state index in [1.165, 1.54) is 18.0 Å². The quantitative estimate of drug-likeness (QED) is 0.275. The molecule has 3 aromatic carbocycles. The number of pyridine rings is 1. The number of aromatic nitrogens is 1. The highest BCUT2D eigenvalue weighted by molar-refractivity contribution is 8.00. The minimum absolute atomic E-state index is 0.121. The maximum Gasteiger partial charge on any atom is 0.250 e. The molecule has 6 heteroatoms. The molecule has 0 atom stereocenters. The molecule has 1 amide bonds. The van der Waals surface area contributed by atoms with Gasteiger partial charge in [0.1, 0.15) is 5.75 Å². The van der Waals surface area contributed by atoms with Crippen LogP contribution in [0.5, 0.6) is 5.75 Å². The van der Waals surface area contributed by atoms with Crippen LogP contribution in [0.2, 0.25) is 0 Å². The standard InChI is InChI=1S/C24H21N3O2S/c1-15-6-5-9-19-22(12-16(2)26-24(15)19)30-14-23(29)27-25-13-20-18-8-4-3-7-17(18)10-11-21(20)28/h3-13,28H,14H2,1-2H3,(H,27,29). The van der Waals surface area contributed by atoms with Crippen LogP contribution in [0.3, 0.4) is 0 Å². The Balaban J connectivity index is 1.46. The second-order valence-corrected chi connectivity index (χ2v) is 8.05. The number of carbonyl (C=O) groups is 1. The number of fused-ring (bicyclic) bond motifs is 2. The first-order valence-corrected chi connectivity index (χ1v) is 10.5. The third kappa shape index (κ3) is 4.14. The number of aryl methyl sites for hydroxylation is 2. The minimum Gasteiger partial charge on any atom is -0.507 e. The number of rotatable bonds is 5. The summed E-state index contributed by atoms with van der Waals surface area (Å²) in [7, 11) is 0. The van der Waals surface area contributed by atoms with Crippen molar-refractivity contribution in [3.63, 3.8) is 0 Å². The van der Waals surface area contributed by atoms with Crippen molar-refractivity contribution in [2.24, 2.45) is 5.10 Å². The molecule has 0 radical (unpaired) electrons. The Morgan fingerprint density at radius 2 is 1.90 bits per heavy atom. The maximum absolute atomic E-state index is 12.3. The number of phenols is 1. The molecule has 1 aromatic heterocycles. The normalized spacial score (nSPS) is 11.4. The van der Waals surface area contributed by atoms with Gasteiger partial charge in [0.25, 0.3) is 0 Å². The zero-order chi connectivity index (χ0) is 21.1. The number of aromatic hydroxyl groups is 1. The number of para-hydroxylation sites is 1. The fraction of sp³-hybridized carbons (Fsp3) is 0.125. The third-order valence-electron chi connectivity index (χ3n) is 4.82. The zero-order valence-electron chi connectivity index (χ0n) is 16.7. The van der Waals surface area contributed by atoms with Gasteiger partial charge in [-0.15, -0.1) is 11.8 Å². The van der Waals surface area contributed by atoms with Crippen LogP contribution < -0.4 is 5.43 Å². The lowest BCUT2D eigenvalue weighted by Gasteiger charge is -2.09. The number of hydrogen-bond acceptors (Lipinski definition) is 5. The second-order valence-electron chi connectivity index (χ2n) is 7.03. The monoisotopic (exact) mass is 415 g/mol. The fourth-order valence-corrected chi connectivity index (χ4v) is 4.29. The highest BCUT2D eigenvalue weighted by Crippen LogP contribution is 2.29. The predicted molar refractivity (Wildman–Crippen MR) is 123 cm³/mol. The lowest BCUT2D eigenvalue weighted by Crippen LogP contribution is -2.19. The van der Waals surface area contributed by atoms with Gasteiger partial charge in [-0.1, -0.05) is 48.5 Å². The van der Waals surface area contributed by atoms with Gasteiger partial charge in [-0.3, -0.25) is 9.78 Å². The number of nitrogens with zero attached hydrogens (tertiary/aromatic N) is 2. The summed E-state index contributed by atoms with van der Waals surface area (Å²) in [6.07, 6.45) is 1.48. The van der Waals surface area contributed by atoms with Gasteiger partial charge in [0.05, 0.1) is 17.5 Å². The third-order valence-corrected chi connectivity index (χ3v) is 5.88. The van der Waals surface area contributed by atoms with Crippen molar-refractivity contribution in [3.8, 4) is 5.75 Å². The molecule has 0 aliphatic rings. The molecule has 0 unspecified atom stereocenters. The van der Waals surface area contributed by atoms with Crippen LogP contribution in [-0.4, -0.2) is 28.0 Å². The van der Waals surface area contributed by atoms with Gasteiger partial charge in [0.2, 0.25) is 5.91 Å². The summed E-state index contributed by atoms with van der Waals surface area (Å²) in [6.45, 7) is 3.99. The molecule has 0 aliphatic carbocycles. The van der Waals surface area contributed by atoms with Crippen LogP contribution in [-0.2, 0) is 4.79 Å². The molecule has 0 aliphatic heterocycles. The molecule has 30 heavy (non-hydrogen) atoms. The van der Waals surface area contributed by atoms with E-state index in [0.717, 1.165) is 37.8 Å². The molecule has 0 fully saturated rings. The Kier molecular flexibility index (Phi) is 5.68. The van der Waals surface area contributed by atoms with Gasteiger partial charge in [-0.2, -0.15) is 5.10 Å². The molecular formula is C24H21N3O2S. The van der Waals surface area contributed by atoms with Crippen molar-refractivity contribution in [1.82, 2.24) is 10.4 Å². The zero-order valence-corrected chi connectivity index (χ0v) is 17.5. The van der Waals surface area contributed by atoms with Crippen molar-refractivity contribution in [2.75, 3.05) is 5.75 Å². The van der Waals surface area contributed by atoms with Crippen molar-refractivity contribution in [2.45, 2.75) is 18.7 Å². The van der Waals surface area contributed by atoms with Gasteiger partial charge in [-0.05, 0) is 42.3 Å². The molecule has 0 bridgehead atoms. The molecule has 5 nitrogen and oxygen atoms in total. The number of hydrazone groups is 1. The van der Waals surface area contributed by atoms with E-state index < -0.39 is 0 Å². The number of benzene rings is 3. The first-order valence-electron chi connectivity index (χ1n) is 9.55. The average molecular weight is 416 g/mol. The number of thioether (sulfide) groups is 1. The number of nitrogens with one attached hydrogen (secondary N) is 1. The van der Waals surface area contributed by atoms with E-state index >= 15 is 0 Å². The van der Waals surface area contributed by atoms with E-state index in [9.17, 15) is 9.90 Å². The van der Waals surface area contributed by atoms with Gasteiger partial charge in [-0.25, -0.2) is 5.43 Å². The van der Waals surface area contributed by atoms with Gasteiger partial charge in [0, 0.05) is 21.5 Å². The van der Waals surface area contributed by atoms with E-state index in [-0.39, 0.29) is 17.4 Å². The largest absolute Gasteiger partial charge is 0.507 e. The van der Waals surface area contributed by atoms with E-state index in [0.29, 0.717) is 5.56 Å². The fourth-order valence-electron chi connectivity index (χ4n) is 3.37. The van der Waals surface area contributed by atoms with E-state index in [1.807, 2.05) is 68.4 Å². The molecular weight excluding hydrogens is 394 g/mol. The summed E-state index contributed by atoms with van der Waals surface area (Å²) in [6, 6.07) is 19.2. The highest BCUT2D eigenvalue weighted by atomic mass is 32.2. The Bertz CT molecular complexity index is 1280. The van der Waals surface area contributed by atoms with E-state index in [1.54, 1.807) is 6.07 Å². The summed E-state index contributed by atoms with van der Waals surface area (Å²) in [4.78, 5) is 18.0. The Labute approximate surface area is 178 Å². The van der Waals surface area contributed by atoms with Crippen LogP contribution >= 0.6 is 11.8 Å². The number of amides is 1. The predicted octanol–water partition coefficient (Wildman–Crippen LogP) is 4.95. The minimum atomic E-state index is -0.216. The molecule has 4 aromatic rings. The number of phenolic OH excluding ortho intramolecular Hbond substituents is 1. The molecule has 0 saturated carbocycles. The van der Waals surface area contributed by atoms with Crippen LogP contribution in [0.25, 0.3) is 21.7 Å². The summed E-state index contributed by atoms with van der Waals surface area (Å²) in [5.41, 5.74) is 6.12. The summed E-state index contributed by atoms with van der Waals surface area (Å²) >= 11 is 1.46. The molecule has 0 saturated heterocycles. The lowest BCUT2D eigenvalue weighted by molar-refractivity contribution is -0.118. The maximum atomic E-state index is 12.3. The van der Waals surface area contributed by atoms with Crippen molar-refractivity contribution in [3.05, 3.63) is 77.5 Å². The van der Waals surface area contributed by atoms with Crippen molar-refractivity contribution < 1.29 is 9.90 Å². The topological polar surface area (TPSA) is 74.6 Å². The van der Waals surface area contributed by atoms with Gasteiger partial charge < -0.3 is 5.11 Å². The first-order chi connectivity index (χ1) is 14.5. The van der Waals surface area contributed by atoms with E-state index in [4.69, 9.17) is 0 Å². The Morgan fingerprint density at radius 1 is 1.10 bits per heavy atom. The molecule has 0 spiro atoms. The van der Waals surface area contributed by atoms with Crippen LogP contribution in [0.1, 0.15) is 16.8 Å². The van der Waals surface area contributed by atoms with Crippen LogP contribution in [0.15, 0.2) is 70.7 Å². The molecule has 4 rings (SSSR count). The van der Waals surface area contributed by atoms with Crippen molar-refractivity contribution in [1.29, 1.82) is 0 Å². The van der Waals surface area contributed by atoms with Crippen LogP contribution in [0, 0.1) is 13.8 Å². The summed E-state index contributed by atoms with van der Waals surface area (Å²) in [5, 5.41) is 17.1. The molecule has 150 valence electrons. The average Bonchev–Trinajstić information content (AvgIpc) is 2.74. The van der Waals surface area contributed by atoms with E-state index in [2.05, 4.69) is 15.5 Å². The highest BCUT2D eigenvalue weighted by Gasteiger charge is 2.09. The smallest absolute Gasteiger partial charge is 0.250 e. The number of hydrogen-bond donors (Lipinski definition) is 2. The Morgan fingerprint density at radius 3 is 2.77 bits per heavy atom. The Hall–Kier alpha value is -3.38. The SMILES string of the molecule is Cc1cc(SCC(=O)NN=Cc2c(O)ccc3ccccc23)c2cccc(C)c2n1. The summed E-state index contributed by atoms with van der Waals surface area (Å²) < 4.78 is 0. The second kappa shape index (κ2) is 8.55. The molecule has 1 heterocycles. The van der Waals surface area contributed by atoms with Gasteiger partial charge >= 0.3 is 0 Å². The van der Waals surface area contributed by atoms with Crippen molar-refractivity contribution >= 4 is 45.6 Å². The number of carbonyl (C=O) groups excluding carboxylic acids is 1. The summed E-state index contributed by atoms with van der Waals surface area (Å²) in [5.74, 6) is 0.132.